The van der Waals surface area contributed by atoms with E-state index in [1.807, 2.05) is 0 Å². The van der Waals surface area contributed by atoms with Gasteiger partial charge in [-0.1, -0.05) is 12.2 Å². The number of benzene rings is 2. The first-order valence-corrected chi connectivity index (χ1v) is 16.2. The summed E-state index contributed by atoms with van der Waals surface area (Å²) in [4.78, 5) is 17.1. The van der Waals surface area contributed by atoms with E-state index in [0.717, 1.165) is 10.7 Å². The van der Waals surface area contributed by atoms with Gasteiger partial charge in [0.15, 0.2) is 23.1 Å². The number of aromatic nitrogens is 3. The Labute approximate surface area is 287 Å². The third-order valence-electron chi connectivity index (χ3n) is 8.08. The molecule has 1 amide bonds. The van der Waals surface area contributed by atoms with Crippen LogP contribution in [-0.4, -0.2) is 51.0 Å². The van der Waals surface area contributed by atoms with Gasteiger partial charge in [0.2, 0.25) is 0 Å². The number of halogens is 8. The maximum absolute atomic E-state index is 15.2. The fraction of sp³-hybridized carbons (Fsp3) is 0.303. The topological polar surface area (TPSA) is 112 Å². The molecule has 2 aromatic heterocycles. The van der Waals surface area contributed by atoms with Crippen molar-refractivity contribution >= 4 is 28.8 Å². The van der Waals surface area contributed by atoms with E-state index in [-0.39, 0.29) is 63.2 Å². The van der Waals surface area contributed by atoms with Gasteiger partial charge in [0.05, 0.1) is 12.3 Å². The monoisotopic (exact) mass is 742 g/mol. The number of aryl methyl sites for hydroxylation is 2. The Hall–Kier alpha value is -4.84. The molecular formula is C33H26F8N4O5S. The van der Waals surface area contributed by atoms with Crippen molar-refractivity contribution in [3.63, 3.8) is 0 Å². The smallest absolute Gasteiger partial charge is 0.440 e. The SMILES string of the molecule is CSc1cc(C2C=C(c3oc(C)nc3-c3ccc4c(c3)OC(F)(F)O4)C(c3cc(C(F)(F)C(=O)NCC(F)(F)F)nn3C)=CC2)cc(F)c1CO. The summed E-state index contributed by atoms with van der Waals surface area (Å²) in [5, 5.41) is 14.6. The number of nitrogens with zero attached hydrogens (tertiary/aromatic N) is 3. The average Bonchev–Trinajstić information content (AvgIpc) is 3.74. The molecule has 2 aliphatic rings. The summed E-state index contributed by atoms with van der Waals surface area (Å²) in [6.45, 7) is -1.01. The van der Waals surface area contributed by atoms with Crippen LogP contribution in [0.4, 0.5) is 35.1 Å². The number of ether oxygens (including phenoxy) is 2. The first kappa shape index (κ1) is 36.0. The van der Waals surface area contributed by atoms with Crippen molar-refractivity contribution in [3.8, 4) is 22.8 Å². The van der Waals surface area contributed by atoms with E-state index in [1.54, 1.807) is 24.5 Å². The second kappa shape index (κ2) is 13.0. The normalized spacial score (nSPS) is 17.0. The Morgan fingerprint density at radius 1 is 1.10 bits per heavy atom. The first-order valence-electron chi connectivity index (χ1n) is 15.0. The second-order valence-electron chi connectivity index (χ2n) is 11.5. The van der Waals surface area contributed by atoms with Crippen molar-refractivity contribution < 1.29 is 58.9 Å². The molecule has 0 spiro atoms. The number of rotatable bonds is 9. The van der Waals surface area contributed by atoms with Crippen molar-refractivity contribution in [3.05, 3.63) is 88.5 Å². The second-order valence-corrected chi connectivity index (χ2v) is 12.4. The number of oxazole rings is 1. The van der Waals surface area contributed by atoms with Crippen molar-refractivity contribution in [1.29, 1.82) is 0 Å². The van der Waals surface area contributed by atoms with Crippen LogP contribution in [-0.2, 0) is 24.4 Å². The van der Waals surface area contributed by atoms with Gasteiger partial charge in [-0.05, 0) is 54.6 Å². The van der Waals surface area contributed by atoms with Crippen LogP contribution in [0.3, 0.4) is 0 Å². The van der Waals surface area contributed by atoms with Crippen LogP contribution < -0.4 is 14.8 Å². The van der Waals surface area contributed by atoms with Crippen molar-refractivity contribution in [2.75, 3.05) is 12.8 Å². The standard InChI is InChI=1S/C33H26F8N4O5S/c1-15-43-28(17-5-7-24-25(10-17)50-33(40,41)49-24)29(48-15)20-8-16(18-9-22(34)21(13-46)26(11-18)51-3)4-6-19(20)23-12-27(44-45(23)2)32(38,39)30(47)42-14-31(35,36)37/h5-12,16,46H,4,13-14H2,1-3H3,(H,42,47). The summed E-state index contributed by atoms with van der Waals surface area (Å²) in [5.74, 6) is -8.25. The maximum atomic E-state index is 15.2. The van der Waals surface area contributed by atoms with E-state index >= 15 is 13.2 Å². The number of alkyl halides is 7. The Morgan fingerprint density at radius 3 is 2.51 bits per heavy atom. The van der Waals surface area contributed by atoms with Gasteiger partial charge in [0, 0.05) is 47.1 Å². The summed E-state index contributed by atoms with van der Waals surface area (Å²) in [5.41, 5.74) is 0.260. The number of hydrogen-bond donors (Lipinski definition) is 2. The number of nitrogens with one attached hydrogen (secondary N) is 1. The first-order chi connectivity index (χ1) is 23.9. The molecule has 9 nitrogen and oxygen atoms in total. The van der Waals surface area contributed by atoms with Crippen molar-refractivity contribution in [2.45, 2.75) is 49.2 Å². The van der Waals surface area contributed by atoms with E-state index in [4.69, 9.17) is 4.42 Å². The lowest BCUT2D eigenvalue weighted by molar-refractivity contribution is -0.286. The molecule has 0 saturated carbocycles. The Kier molecular flexibility index (Phi) is 9.20. The lowest BCUT2D eigenvalue weighted by Crippen LogP contribution is -2.42. The molecule has 1 aliphatic carbocycles. The highest BCUT2D eigenvalue weighted by Crippen LogP contribution is 2.47. The molecule has 0 bridgehead atoms. The third kappa shape index (κ3) is 7.06. The maximum Gasteiger partial charge on any atom is 0.586 e. The summed E-state index contributed by atoms with van der Waals surface area (Å²) in [6.07, 6.45) is -3.66. The van der Waals surface area contributed by atoms with Crippen LogP contribution in [0.5, 0.6) is 11.5 Å². The van der Waals surface area contributed by atoms with E-state index in [2.05, 4.69) is 19.6 Å². The average molecular weight is 743 g/mol. The van der Waals surface area contributed by atoms with Gasteiger partial charge in [0.25, 0.3) is 5.91 Å². The molecule has 51 heavy (non-hydrogen) atoms. The quantitative estimate of drug-likeness (QED) is 0.134. The molecule has 1 aliphatic heterocycles. The molecule has 0 fully saturated rings. The largest absolute Gasteiger partial charge is 0.586 e. The number of aliphatic hydroxyl groups is 1. The predicted octanol–water partition coefficient (Wildman–Crippen LogP) is 7.48. The van der Waals surface area contributed by atoms with Gasteiger partial charge in [-0.15, -0.1) is 20.5 Å². The van der Waals surface area contributed by atoms with E-state index in [1.165, 1.54) is 55.3 Å². The van der Waals surface area contributed by atoms with Gasteiger partial charge < -0.3 is 24.3 Å². The van der Waals surface area contributed by atoms with Crippen molar-refractivity contribution in [2.24, 2.45) is 7.05 Å². The number of thioether (sulfide) groups is 1. The molecule has 3 heterocycles. The summed E-state index contributed by atoms with van der Waals surface area (Å²) in [7, 11) is 1.28. The zero-order valence-electron chi connectivity index (χ0n) is 26.7. The highest BCUT2D eigenvalue weighted by molar-refractivity contribution is 7.98. The number of hydrogen-bond acceptors (Lipinski definition) is 8. The predicted molar refractivity (Wildman–Crippen MR) is 166 cm³/mol. The molecule has 270 valence electrons. The van der Waals surface area contributed by atoms with Crippen LogP contribution in [0.1, 0.15) is 46.5 Å². The lowest BCUT2D eigenvalue weighted by atomic mass is 9.83. The Balaban J connectivity index is 1.47. The van der Waals surface area contributed by atoms with E-state index in [0.29, 0.717) is 10.5 Å². The molecular weight excluding hydrogens is 716 g/mol. The summed E-state index contributed by atoms with van der Waals surface area (Å²) in [6, 6.07) is 7.71. The lowest BCUT2D eigenvalue weighted by Gasteiger charge is -2.23. The van der Waals surface area contributed by atoms with Gasteiger partial charge >= 0.3 is 18.4 Å². The Morgan fingerprint density at radius 2 is 1.82 bits per heavy atom. The van der Waals surface area contributed by atoms with Gasteiger partial charge in [-0.2, -0.15) is 27.1 Å². The number of carbonyl (C=O) groups is 1. The van der Waals surface area contributed by atoms with E-state index < -0.39 is 54.9 Å². The summed E-state index contributed by atoms with van der Waals surface area (Å²) < 4.78 is 127. The van der Waals surface area contributed by atoms with Gasteiger partial charge in [-0.3, -0.25) is 9.48 Å². The minimum absolute atomic E-state index is 0.00469. The number of fused-ring (bicyclic) bond motifs is 1. The fourth-order valence-corrected chi connectivity index (χ4v) is 6.41. The number of amides is 1. The van der Waals surface area contributed by atoms with Crippen LogP contribution in [0.2, 0.25) is 0 Å². The van der Waals surface area contributed by atoms with E-state index in [9.17, 15) is 31.9 Å². The zero-order chi connectivity index (χ0) is 37.0. The summed E-state index contributed by atoms with van der Waals surface area (Å²) >= 11 is 1.22. The molecule has 4 aromatic rings. The minimum atomic E-state index is -4.94. The Bertz CT molecular complexity index is 2090. The van der Waals surface area contributed by atoms with Crippen LogP contribution >= 0.6 is 11.8 Å². The van der Waals surface area contributed by atoms with Crippen molar-refractivity contribution in [1.82, 2.24) is 20.1 Å². The molecule has 0 saturated heterocycles. The zero-order valence-corrected chi connectivity index (χ0v) is 27.5. The highest BCUT2D eigenvalue weighted by Gasteiger charge is 2.46. The highest BCUT2D eigenvalue weighted by atomic mass is 32.2. The van der Waals surface area contributed by atoms with Gasteiger partial charge in [0.1, 0.15) is 23.7 Å². The number of aliphatic hydroxyl groups excluding tert-OH is 1. The van der Waals surface area contributed by atoms with Crippen LogP contribution in [0.25, 0.3) is 22.4 Å². The van der Waals surface area contributed by atoms with Gasteiger partial charge in [-0.25, -0.2) is 9.37 Å². The molecule has 6 rings (SSSR count). The molecule has 2 aromatic carbocycles. The minimum Gasteiger partial charge on any atom is -0.440 e. The number of carbonyl (C=O) groups excluding carboxylic acids is 1. The molecule has 1 atom stereocenters. The fourth-order valence-electron chi connectivity index (χ4n) is 5.75. The molecule has 0 radical (unpaired) electrons. The molecule has 1 unspecified atom stereocenters. The molecule has 18 heteroatoms. The number of allylic oxidation sites excluding steroid dienone is 4. The van der Waals surface area contributed by atoms with Crippen LogP contribution in [0.15, 0.2) is 57.9 Å². The third-order valence-corrected chi connectivity index (χ3v) is 8.89. The molecule has 2 N–H and O–H groups in total. The van der Waals surface area contributed by atoms with Crippen LogP contribution in [0, 0.1) is 12.7 Å².